The number of rotatable bonds is 2. The molecule has 4 rings (SSSR count). The van der Waals surface area contributed by atoms with Gasteiger partial charge in [-0.25, -0.2) is 4.98 Å². The van der Waals surface area contributed by atoms with Gasteiger partial charge in [-0.1, -0.05) is 42.5 Å². The minimum Gasteiger partial charge on any atom is -0.308 e. The predicted molar refractivity (Wildman–Crippen MR) is 85.0 cm³/mol. The summed E-state index contributed by atoms with van der Waals surface area (Å²) in [4.78, 5) is 4.87. The molecule has 100 valence electrons. The molecule has 2 nitrogen and oxygen atoms in total. The van der Waals surface area contributed by atoms with E-state index >= 15 is 0 Å². The summed E-state index contributed by atoms with van der Waals surface area (Å²) in [5, 5.41) is 9.50. The van der Waals surface area contributed by atoms with E-state index in [1.54, 1.807) is 11.3 Å². The molecule has 0 amide bonds. The molecule has 0 bridgehead atoms. The maximum atomic E-state index is 4.87. The predicted octanol–water partition coefficient (Wildman–Crippen LogP) is 4.39. The second-order valence-corrected chi connectivity index (χ2v) is 6.14. The Morgan fingerprint density at radius 2 is 2.00 bits per heavy atom. The fraction of sp³-hybridized carbons (Fsp3) is 0.235. The van der Waals surface area contributed by atoms with Gasteiger partial charge >= 0.3 is 0 Å². The molecule has 1 aliphatic rings. The molecule has 2 heterocycles. The summed E-state index contributed by atoms with van der Waals surface area (Å²) >= 11 is 1.78. The molecule has 0 spiro atoms. The number of nitrogens with one attached hydrogen (secondary N) is 1. The first kappa shape index (κ1) is 12.1. The molecule has 0 saturated carbocycles. The third-order valence-electron chi connectivity index (χ3n) is 3.95. The van der Waals surface area contributed by atoms with Gasteiger partial charge in [-0.05, 0) is 30.2 Å². The molecule has 3 aromatic rings. The van der Waals surface area contributed by atoms with Gasteiger partial charge in [0.15, 0.2) is 0 Å². The van der Waals surface area contributed by atoms with Gasteiger partial charge in [-0.2, -0.15) is 0 Å². The topological polar surface area (TPSA) is 24.9 Å². The van der Waals surface area contributed by atoms with Crippen molar-refractivity contribution in [2.24, 2.45) is 0 Å². The zero-order valence-electron chi connectivity index (χ0n) is 11.2. The summed E-state index contributed by atoms with van der Waals surface area (Å²) in [6, 6.07) is 15.4. The third kappa shape index (κ3) is 2.03. The Hall–Kier alpha value is -1.71. The number of fused-ring (bicyclic) bond motifs is 1. The highest BCUT2D eigenvalue weighted by Gasteiger charge is 2.19. The average molecular weight is 280 g/mol. The van der Waals surface area contributed by atoms with Crippen LogP contribution in [0.4, 0.5) is 0 Å². The van der Waals surface area contributed by atoms with E-state index in [1.165, 1.54) is 34.2 Å². The molecule has 1 aliphatic heterocycles. The highest BCUT2D eigenvalue weighted by Crippen LogP contribution is 2.33. The Kier molecular flexibility index (Phi) is 3.02. The fourth-order valence-corrected chi connectivity index (χ4v) is 3.84. The fourth-order valence-electron chi connectivity index (χ4n) is 2.92. The van der Waals surface area contributed by atoms with Crippen molar-refractivity contribution in [3.05, 3.63) is 52.9 Å². The second-order valence-electron chi connectivity index (χ2n) is 5.25. The Labute approximate surface area is 122 Å². The van der Waals surface area contributed by atoms with Crippen molar-refractivity contribution in [1.29, 1.82) is 0 Å². The third-order valence-corrected chi connectivity index (χ3v) is 4.90. The van der Waals surface area contributed by atoms with E-state index in [9.17, 15) is 0 Å². The van der Waals surface area contributed by atoms with Crippen LogP contribution in [0, 0.1) is 0 Å². The van der Waals surface area contributed by atoms with E-state index in [0.29, 0.717) is 6.04 Å². The quantitative estimate of drug-likeness (QED) is 0.753. The van der Waals surface area contributed by atoms with Crippen LogP contribution in [0.25, 0.3) is 22.0 Å². The number of thiazole rings is 1. The lowest BCUT2D eigenvalue weighted by Gasteiger charge is -2.06. The molecule has 0 unspecified atom stereocenters. The second kappa shape index (κ2) is 5.00. The minimum atomic E-state index is 0.462. The maximum Gasteiger partial charge on any atom is 0.110 e. The van der Waals surface area contributed by atoms with Crippen LogP contribution in [-0.2, 0) is 0 Å². The summed E-state index contributed by atoms with van der Waals surface area (Å²) in [6.45, 7) is 1.12. The highest BCUT2D eigenvalue weighted by molar-refractivity contribution is 7.10. The van der Waals surface area contributed by atoms with E-state index < -0.39 is 0 Å². The van der Waals surface area contributed by atoms with Crippen molar-refractivity contribution in [2.45, 2.75) is 18.9 Å². The number of aromatic nitrogens is 1. The first-order chi connectivity index (χ1) is 9.92. The van der Waals surface area contributed by atoms with Gasteiger partial charge in [0.25, 0.3) is 0 Å². The smallest absolute Gasteiger partial charge is 0.110 e. The van der Waals surface area contributed by atoms with E-state index in [4.69, 9.17) is 4.98 Å². The van der Waals surface area contributed by atoms with Gasteiger partial charge in [0.1, 0.15) is 5.01 Å². The van der Waals surface area contributed by atoms with Crippen LogP contribution < -0.4 is 5.32 Å². The van der Waals surface area contributed by atoms with Crippen LogP contribution in [0.3, 0.4) is 0 Å². The van der Waals surface area contributed by atoms with Crippen molar-refractivity contribution in [1.82, 2.24) is 10.3 Å². The minimum absolute atomic E-state index is 0.462. The largest absolute Gasteiger partial charge is 0.308 e. The zero-order chi connectivity index (χ0) is 13.4. The summed E-state index contributed by atoms with van der Waals surface area (Å²) in [5.74, 6) is 0. The Bertz CT molecular complexity index is 736. The Morgan fingerprint density at radius 1 is 1.10 bits per heavy atom. The van der Waals surface area contributed by atoms with Gasteiger partial charge in [-0.3, -0.25) is 0 Å². The normalized spacial score (nSPS) is 18.7. The van der Waals surface area contributed by atoms with Crippen molar-refractivity contribution in [2.75, 3.05) is 6.54 Å². The van der Waals surface area contributed by atoms with E-state index in [1.807, 2.05) is 0 Å². The van der Waals surface area contributed by atoms with Gasteiger partial charge in [0.2, 0.25) is 0 Å². The molecular formula is C17H16N2S. The molecule has 1 N–H and O–H groups in total. The molecule has 1 saturated heterocycles. The monoisotopic (exact) mass is 280 g/mol. The SMILES string of the molecule is c1ccc2c(-c3csc([C@@H]4CCCN4)n3)cccc2c1. The van der Waals surface area contributed by atoms with E-state index in [-0.39, 0.29) is 0 Å². The summed E-state index contributed by atoms with van der Waals surface area (Å²) in [6.07, 6.45) is 2.47. The lowest BCUT2D eigenvalue weighted by atomic mass is 10.0. The molecule has 3 heteroatoms. The molecule has 0 aliphatic carbocycles. The van der Waals surface area contributed by atoms with Crippen LogP contribution in [0.2, 0.25) is 0 Å². The van der Waals surface area contributed by atoms with E-state index in [2.05, 4.69) is 53.2 Å². The van der Waals surface area contributed by atoms with Crippen molar-refractivity contribution in [3.63, 3.8) is 0 Å². The van der Waals surface area contributed by atoms with Gasteiger partial charge in [-0.15, -0.1) is 11.3 Å². The molecule has 2 aromatic carbocycles. The van der Waals surface area contributed by atoms with Gasteiger partial charge < -0.3 is 5.32 Å². The summed E-state index contributed by atoms with van der Waals surface area (Å²) < 4.78 is 0. The number of nitrogens with zero attached hydrogens (tertiary/aromatic N) is 1. The van der Waals surface area contributed by atoms with Crippen molar-refractivity contribution >= 4 is 22.1 Å². The summed E-state index contributed by atoms with van der Waals surface area (Å²) in [5.41, 5.74) is 2.35. The highest BCUT2D eigenvalue weighted by atomic mass is 32.1. The van der Waals surface area contributed by atoms with Crippen LogP contribution in [0.5, 0.6) is 0 Å². The molecule has 1 atom stereocenters. The van der Waals surface area contributed by atoms with Crippen LogP contribution in [-0.4, -0.2) is 11.5 Å². The van der Waals surface area contributed by atoms with Gasteiger partial charge in [0, 0.05) is 10.9 Å². The lowest BCUT2D eigenvalue weighted by molar-refractivity contribution is 0.643. The van der Waals surface area contributed by atoms with Crippen molar-refractivity contribution in [3.8, 4) is 11.3 Å². The number of benzene rings is 2. The van der Waals surface area contributed by atoms with Gasteiger partial charge in [0.05, 0.1) is 11.7 Å². The molecule has 0 radical (unpaired) electrons. The Balaban J connectivity index is 1.79. The molecule has 1 aromatic heterocycles. The zero-order valence-corrected chi connectivity index (χ0v) is 12.0. The molecule has 20 heavy (non-hydrogen) atoms. The van der Waals surface area contributed by atoms with Crippen LogP contribution in [0.1, 0.15) is 23.9 Å². The van der Waals surface area contributed by atoms with Crippen molar-refractivity contribution < 1.29 is 0 Å². The molecular weight excluding hydrogens is 264 g/mol. The van der Waals surface area contributed by atoms with Crippen LogP contribution in [0.15, 0.2) is 47.8 Å². The first-order valence-electron chi connectivity index (χ1n) is 7.09. The summed E-state index contributed by atoms with van der Waals surface area (Å²) in [7, 11) is 0. The maximum absolute atomic E-state index is 4.87. The average Bonchev–Trinajstić information content (AvgIpc) is 3.17. The lowest BCUT2D eigenvalue weighted by Crippen LogP contribution is -2.12. The number of hydrogen-bond donors (Lipinski definition) is 1. The first-order valence-corrected chi connectivity index (χ1v) is 7.97. The Morgan fingerprint density at radius 3 is 2.90 bits per heavy atom. The standard InChI is InChI=1S/C17H16N2S/c1-2-7-13-12(5-1)6-3-8-14(13)16-11-20-17(19-16)15-9-4-10-18-15/h1-3,5-8,11,15,18H,4,9-10H2/t15-/m0/s1. The van der Waals surface area contributed by atoms with E-state index in [0.717, 1.165) is 12.2 Å². The molecule has 1 fully saturated rings. The number of hydrogen-bond acceptors (Lipinski definition) is 3. The van der Waals surface area contributed by atoms with Crippen LogP contribution >= 0.6 is 11.3 Å².